The van der Waals surface area contributed by atoms with Crippen LogP contribution < -0.4 is 10.2 Å². The van der Waals surface area contributed by atoms with Crippen molar-refractivity contribution >= 4 is 17.3 Å². The Morgan fingerprint density at radius 3 is 2.82 bits per heavy atom. The van der Waals surface area contributed by atoms with E-state index in [2.05, 4.69) is 44.3 Å². The number of hydrogen-bond acceptors (Lipinski definition) is 2. The number of anilines is 2. The van der Waals surface area contributed by atoms with Gasteiger partial charge < -0.3 is 10.2 Å². The molecule has 1 amide bonds. The fourth-order valence-corrected chi connectivity index (χ4v) is 2.15. The molecule has 17 heavy (non-hydrogen) atoms. The average molecular weight is 232 g/mol. The molecular formula is C14H20N2O. The molecule has 0 bridgehead atoms. The smallest absolute Gasteiger partial charge is 0.246 e. The number of hydrogen-bond donors (Lipinski definition) is 1. The molecule has 92 valence electrons. The Hall–Kier alpha value is -1.51. The molecule has 3 nitrogen and oxygen atoms in total. The lowest BCUT2D eigenvalue weighted by Crippen LogP contribution is -2.40. The van der Waals surface area contributed by atoms with E-state index in [1.165, 1.54) is 5.56 Å². The zero-order valence-electron chi connectivity index (χ0n) is 10.8. The average Bonchev–Trinajstić information content (AvgIpc) is 2.32. The van der Waals surface area contributed by atoms with Gasteiger partial charge in [-0.15, -0.1) is 0 Å². The second kappa shape index (κ2) is 4.78. The third-order valence-electron chi connectivity index (χ3n) is 3.16. The lowest BCUT2D eigenvalue weighted by molar-refractivity contribution is -0.117. The molecule has 0 fully saturated rings. The van der Waals surface area contributed by atoms with Crippen molar-refractivity contribution in [3.63, 3.8) is 0 Å². The van der Waals surface area contributed by atoms with E-state index in [0.29, 0.717) is 12.5 Å². The van der Waals surface area contributed by atoms with Crippen LogP contribution in [0.5, 0.6) is 0 Å². The number of benzene rings is 1. The minimum Gasteiger partial charge on any atom is -0.374 e. The highest BCUT2D eigenvalue weighted by Crippen LogP contribution is 2.32. The van der Waals surface area contributed by atoms with Crippen LogP contribution in [0.15, 0.2) is 18.2 Å². The van der Waals surface area contributed by atoms with Gasteiger partial charge in [0.15, 0.2) is 0 Å². The highest BCUT2D eigenvalue weighted by molar-refractivity contribution is 6.02. The van der Waals surface area contributed by atoms with Crippen molar-refractivity contribution < 1.29 is 4.79 Å². The molecular weight excluding hydrogens is 212 g/mol. The Morgan fingerprint density at radius 2 is 2.18 bits per heavy atom. The summed E-state index contributed by atoms with van der Waals surface area (Å²) in [5.74, 6) is 0.654. The maximum atomic E-state index is 11.9. The van der Waals surface area contributed by atoms with Crippen LogP contribution in [0.2, 0.25) is 0 Å². The van der Waals surface area contributed by atoms with Crippen molar-refractivity contribution in [3.8, 4) is 0 Å². The first-order chi connectivity index (χ1) is 8.13. The topological polar surface area (TPSA) is 32.3 Å². The second-order valence-corrected chi connectivity index (χ2v) is 4.83. The Labute approximate surface area is 103 Å². The van der Waals surface area contributed by atoms with Crippen LogP contribution in [-0.2, 0) is 4.79 Å². The van der Waals surface area contributed by atoms with Crippen LogP contribution in [-0.4, -0.2) is 19.0 Å². The fourth-order valence-electron chi connectivity index (χ4n) is 2.15. The predicted molar refractivity (Wildman–Crippen MR) is 71.7 cm³/mol. The molecule has 0 aromatic heterocycles. The first kappa shape index (κ1) is 12.0. The molecule has 1 aliphatic rings. The van der Waals surface area contributed by atoms with Crippen LogP contribution >= 0.6 is 0 Å². The fraction of sp³-hybridized carbons (Fsp3) is 0.500. The largest absolute Gasteiger partial charge is 0.374 e. The Morgan fingerprint density at radius 1 is 1.41 bits per heavy atom. The summed E-state index contributed by atoms with van der Waals surface area (Å²) in [7, 11) is 0. The van der Waals surface area contributed by atoms with E-state index < -0.39 is 0 Å². The SMILES string of the molecule is CCCN1C(=O)CNc2ccc(C(C)C)cc21. The second-order valence-electron chi connectivity index (χ2n) is 4.83. The molecule has 1 aromatic rings. The highest BCUT2D eigenvalue weighted by Gasteiger charge is 2.23. The summed E-state index contributed by atoms with van der Waals surface area (Å²) in [4.78, 5) is 13.8. The lowest BCUT2D eigenvalue weighted by Gasteiger charge is -2.30. The summed E-state index contributed by atoms with van der Waals surface area (Å²) in [6.07, 6.45) is 0.983. The van der Waals surface area contributed by atoms with Gasteiger partial charge >= 0.3 is 0 Å². The molecule has 1 N–H and O–H groups in total. The van der Waals surface area contributed by atoms with E-state index in [9.17, 15) is 4.79 Å². The van der Waals surface area contributed by atoms with E-state index in [0.717, 1.165) is 24.3 Å². The van der Waals surface area contributed by atoms with Gasteiger partial charge in [0, 0.05) is 6.54 Å². The monoisotopic (exact) mass is 232 g/mol. The van der Waals surface area contributed by atoms with Gasteiger partial charge in [-0.1, -0.05) is 26.8 Å². The predicted octanol–water partition coefficient (Wildman–Crippen LogP) is 2.98. The molecule has 0 unspecified atom stereocenters. The summed E-state index contributed by atoms with van der Waals surface area (Å²) in [6.45, 7) is 7.65. The zero-order chi connectivity index (χ0) is 12.4. The Kier molecular flexibility index (Phi) is 3.36. The maximum absolute atomic E-state index is 11.9. The first-order valence-corrected chi connectivity index (χ1v) is 6.31. The van der Waals surface area contributed by atoms with Crippen molar-refractivity contribution in [1.82, 2.24) is 0 Å². The quantitative estimate of drug-likeness (QED) is 0.869. The minimum atomic E-state index is 0.167. The molecule has 0 saturated heterocycles. The minimum absolute atomic E-state index is 0.167. The van der Waals surface area contributed by atoms with Crippen molar-refractivity contribution in [3.05, 3.63) is 23.8 Å². The van der Waals surface area contributed by atoms with E-state index >= 15 is 0 Å². The van der Waals surface area contributed by atoms with Gasteiger partial charge in [-0.05, 0) is 30.0 Å². The van der Waals surface area contributed by atoms with Crippen LogP contribution in [0.4, 0.5) is 11.4 Å². The number of nitrogens with zero attached hydrogens (tertiary/aromatic N) is 1. The number of amides is 1. The Balaban J connectivity index is 2.41. The number of carbonyl (C=O) groups excluding carboxylic acids is 1. The molecule has 1 aliphatic heterocycles. The van der Waals surface area contributed by atoms with Gasteiger partial charge in [-0.25, -0.2) is 0 Å². The van der Waals surface area contributed by atoms with Gasteiger partial charge in [-0.3, -0.25) is 4.79 Å². The van der Waals surface area contributed by atoms with E-state index in [1.807, 2.05) is 4.90 Å². The summed E-state index contributed by atoms with van der Waals surface area (Å²) in [6, 6.07) is 6.36. The van der Waals surface area contributed by atoms with E-state index in [-0.39, 0.29) is 5.91 Å². The highest BCUT2D eigenvalue weighted by atomic mass is 16.2. The van der Waals surface area contributed by atoms with Crippen molar-refractivity contribution in [2.45, 2.75) is 33.1 Å². The zero-order valence-corrected chi connectivity index (χ0v) is 10.8. The third kappa shape index (κ3) is 2.28. The van der Waals surface area contributed by atoms with E-state index in [1.54, 1.807) is 0 Å². The number of carbonyl (C=O) groups is 1. The van der Waals surface area contributed by atoms with Crippen LogP contribution in [0.3, 0.4) is 0 Å². The van der Waals surface area contributed by atoms with Gasteiger partial charge in [0.2, 0.25) is 5.91 Å². The van der Waals surface area contributed by atoms with Gasteiger partial charge in [0.05, 0.1) is 17.9 Å². The molecule has 0 aliphatic carbocycles. The van der Waals surface area contributed by atoms with Crippen LogP contribution in [0, 0.1) is 0 Å². The van der Waals surface area contributed by atoms with Crippen LogP contribution in [0.1, 0.15) is 38.7 Å². The summed E-state index contributed by atoms with van der Waals surface area (Å²) in [5.41, 5.74) is 3.39. The number of fused-ring (bicyclic) bond motifs is 1. The third-order valence-corrected chi connectivity index (χ3v) is 3.16. The Bertz CT molecular complexity index is 426. The molecule has 3 heteroatoms. The molecule has 0 spiro atoms. The summed E-state index contributed by atoms with van der Waals surface area (Å²) < 4.78 is 0. The summed E-state index contributed by atoms with van der Waals surface area (Å²) >= 11 is 0. The van der Waals surface area contributed by atoms with Gasteiger partial charge in [-0.2, -0.15) is 0 Å². The lowest BCUT2D eigenvalue weighted by atomic mass is 10.0. The molecule has 1 heterocycles. The molecule has 0 atom stereocenters. The van der Waals surface area contributed by atoms with Crippen molar-refractivity contribution in [1.29, 1.82) is 0 Å². The van der Waals surface area contributed by atoms with Crippen molar-refractivity contribution in [2.75, 3.05) is 23.3 Å². The number of rotatable bonds is 3. The molecule has 1 aromatic carbocycles. The summed E-state index contributed by atoms with van der Waals surface area (Å²) in [5, 5.41) is 3.18. The molecule has 2 rings (SSSR count). The molecule has 0 saturated carbocycles. The van der Waals surface area contributed by atoms with E-state index in [4.69, 9.17) is 0 Å². The van der Waals surface area contributed by atoms with Crippen molar-refractivity contribution in [2.24, 2.45) is 0 Å². The standard InChI is InChI=1S/C14H20N2O/c1-4-7-16-13-8-11(10(2)3)5-6-12(13)15-9-14(16)17/h5-6,8,10,15H,4,7,9H2,1-3H3. The van der Waals surface area contributed by atoms with Gasteiger partial charge in [0.1, 0.15) is 0 Å². The van der Waals surface area contributed by atoms with Crippen LogP contribution in [0.25, 0.3) is 0 Å². The maximum Gasteiger partial charge on any atom is 0.246 e. The molecule has 0 radical (unpaired) electrons. The normalized spacial score (nSPS) is 14.8. The first-order valence-electron chi connectivity index (χ1n) is 6.31. The number of nitrogens with one attached hydrogen (secondary N) is 1. The van der Waals surface area contributed by atoms with Gasteiger partial charge in [0.25, 0.3) is 0 Å².